The smallest absolute Gasteiger partial charge is 0.146 e. The highest BCUT2D eigenvalue weighted by Crippen LogP contribution is 2.23. The Morgan fingerprint density at radius 3 is 2.67 bits per heavy atom. The second-order valence-corrected chi connectivity index (χ2v) is 4.16. The summed E-state index contributed by atoms with van der Waals surface area (Å²) in [6, 6.07) is 12.1. The predicted octanol–water partition coefficient (Wildman–Crippen LogP) is 3.80. The number of nitrogen functional groups attached to an aromatic ring is 1. The Balaban J connectivity index is 2.28. The molecule has 0 aliphatic heterocycles. The Labute approximate surface area is 106 Å². The first kappa shape index (κ1) is 12.2. The van der Waals surface area contributed by atoms with E-state index in [1.807, 2.05) is 25.1 Å². The van der Waals surface area contributed by atoms with Crippen LogP contribution in [0.25, 0.3) is 5.70 Å². The summed E-state index contributed by atoms with van der Waals surface area (Å²) in [5.74, 6) is -0.305. The molecule has 2 aromatic rings. The molecule has 0 bridgehead atoms. The summed E-state index contributed by atoms with van der Waals surface area (Å²) in [6.45, 7) is 5.89. The van der Waals surface area contributed by atoms with Crippen molar-refractivity contribution in [2.75, 3.05) is 11.1 Å². The third kappa shape index (κ3) is 2.51. The van der Waals surface area contributed by atoms with Gasteiger partial charge in [0.2, 0.25) is 0 Å². The van der Waals surface area contributed by atoms with Crippen molar-refractivity contribution in [3.05, 3.63) is 66.0 Å². The van der Waals surface area contributed by atoms with Crippen LogP contribution in [-0.4, -0.2) is 0 Å². The number of anilines is 2. The van der Waals surface area contributed by atoms with Crippen LogP contribution in [0.1, 0.15) is 11.1 Å². The van der Waals surface area contributed by atoms with E-state index in [0.717, 1.165) is 11.1 Å². The lowest BCUT2D eigenvalue weighted by Crippen LogP contribution is -2.02. The molecule has 0 saturated heterocycles. The number of para-hydroxylation sites is 1. The van der Waals surface area contributed by atoms with E-state index in [1.54, 1.807) is 18.2 Å². The minimum absolute atomic E-state index is 0.305. The molecule has 0 aromatic heterocycles. The van der Waals surface area contributed by atoms with E-state index in [0.29, 0.717) is 17.1 Å². The molecule has 0 radical (unpaired) electrons. The molecule has 18 heavy (non-hydrogen) atoms. The van der Waals surface area contributed by atoms with Gasteiger partial charge in [0.25, 0.3) is 0 Å². The van der Waals surface area contributed by atoms with Gasteiger partial charge in [0.1, 0.15) is 5.82 Å². The average Bonchev–Trinajstić information content (AvgIpc) is 2.35. The first-order valence-electron chi connectivity index (χ1n) is 5.65. The van der Waals surface area contributed by atoms with Crippen molar-refractivity contribution < 1.29 is 4.39 Å². The van der Waals surface area contributed by atoms with Crippen LogP contribution in [0.15, 0.2) is 49.0 Å². The lowest BCUT2D eigenvalue weighted by molar-refractivity contribution is 0.632. The molecule has 0 amide bonds. The highest BCUT2D eigenvalue weighted by molar-refractivity contribution is 5.78. The molecule has 0 aliphatic rings. The highest BCUT2D eigenvalue weighted by atomic mass is 19.1. The lowest BCUT2D eigenvalue weighted by atomic mass is 10.1. The van der Waals surface area contributed by atoms with Gasteiger partial charge in [-0.15, -0.1) is 0 Å². The zero-order valence-corrected chi connectivity index (χ0v) is 10.2. The van der Waals surface area contributed by atoms with Gasteiger partial charge in [0, 0.05) is 16.9 Å². The zero-order valence-electron chi connectivity index (χ0n) is 10.2. The Kier molecular flexibility index (Phi) is 3.33. The Bertz CT molecular complexity index is 591. The van der Waals surface area contributed by atoms with Gasteiger partial charge in [-0.2, -0.15) is 0 Å². The fourth-order valence-electron chi connectivity index (χ4n) is 1.76. The van der Waals surface area contributed by atoms with Gasteiger partial charge < -0.3 is 11.1 Å². The molecule has 2 rings (SSSR count). The fourth-order valence-corrected chi connectivity index (χ4v) is 1.76. The largest absolute Gasteiger partial charge is 0.399 e. The van der Waals surface area contributed by atoms with Crippen LogP contribution in [0.3, 0.4) is 0 Å². The number of hydrogen-bond donors (Lipinski definition) is 2. The van der Waals surface area contributed by atoms with Crippen LogP contribution < -0.4 is 11.1 Å². The van der Waals surface area contributed by atoms with E-state index in [4.69, 9.17) is 5.73 Å². The molecule has 0 fully saturated rings. The monoisotopic (exact) mass is 242 g/mol. The molecule has 2 aromatic carbocycles. The molecule has 2 nitrogen and oxygen atoms in total. The molecule has 0 unspecified atom stereocenters. The molecule has 3 heteroatoms. The van der Waals surface area contributed by atoms with Crippen LogP contribution in [0.5, 0.6) is 0 Å². The van der Waals surface area contributed by atoms with E-state index in [2.05, 4.69) is 11.9 Å². The molecule has 0 atom stereocenters. The maximum Gasteiger partial charge on any atom is 0.146 e. The summed E-state index contributed by atoms with van der Waals surface area (Å²) < 4.78 is 13.5. The quantitative estimate of drug-likeness (QED) is 0.803. The topological polar surface area (TPSA) is 38.0 Å². The summed E-state index contributed by atoms with van der Waals surface area (Å²) in [5, 5.41) is 2.97. The zero-order chi connectivity index (χ0) is 13.1. The molecule has 92 valence electrons. The summed E-state index contributed by atoms with van der Waals surface area (Å²) in [7, 11) is 0. The van der Waals surface area contributed by atoms with E-state index in [1.165, 1.54) is 6.07 Å². The molecule has 0 saturated carbocycles. The third-order valence-corrected chi connectivity index (χ3v) is 2.75. The summed E-state index contributed by atoms with van der Waals surface area (Å²) in [6.07, 6.45) is 0. The van der Waals surface area contributed by atoms with Gasteiger partial charge in [0.05, 0.1) is 5.69 Å². The van der Waals surface area contributed by atoms with Crippen molar-refractivity contribution in [1.82, 2.24) is 0 Å². The van der Waals surface area contributed by atoms with Crippen molar-refractivity contribution in [2.45, 2.75) is 6.92 Å². The normalized spacial score (nSPS) is 10.1. The predicted molar refractivity (Wildman–Crippen MR) is 74.6 cm³/mol. The number of hydrogen-bond acceptors (Lipinski definition) is 2. The molecule has 0 spiro atoms. The van der Waals surface area contributed by atoms with Crippen molar-refractivity contribution in [3.8, 4) is 0 Å². The van der Waals surface area contributed by atoms with Gasteiger partial charge >= 0.3 is 0 Å². The second-order valence-electron chi connectivity index (χ2n) is 4.16. The van der Waals surface area contributed by atoms with Crippen LogP contribution >= 0.6 is 0 Å². The molecule has 3 N–H and O–H groups in total. The average molecular weight is 242 g/mol. The van der Waals surface area contributed by atoms with Crippen molar-refractivity contribution >= 4 is 17.1 Å². The molecule has 0 heterocycles. The summed E-state index contributed by atoms with van der Waals surface area (Å²) in [5.41, 5.74) is 9.37. The van der Waals surface area contributed by atoms with Crippen LogP contribution in [0.2, 0.25) is 0 Å². The number of benzene rings is 2. The van der Waals surface area contributed by atoms with Gasteiger partial charge in [-0.1, -0.05) is 24.8 Å². The highest BCUT2D eigenvalue weighted by Gasteiger charge is 2.06. The number of rotatable bonds is 3. The van der Waals surface area contributed by atoms with Gasteiger partial charge in [-0.3, -0.25) is 0 Å². The number of nitrogens with one attached hydrogen (secondary N) is 1. The number of aryl methyl sites for hydroxylation is 1. The molecule has 0 aliphatic carbocycles. The summed E-state index contributed by atoms with van der Waals surface area (Å²) >= 11 is 0. The molecular formula is C15H15FN2. The Hall–Kier alpha value is -2.29. The van der Waals surface area contributed by atoms with E-state index in [9.17, 15) is 4.39 Å². The lowest BCUT2D eigenvalue weighted by Gasteiger charge is -2.13. The van der Waals surface area contributed by atoms with Crippen molar-refractivity contribution in [2.24, 2.45) is 0 Å². The van der Waals surface area contributed by atoms with Crippen LogP contribution in [-0.2, 0) is 0 Å². The van der Waals surface area contributed by atoms with Crippen LogP contribution in [0.4, 0.5) is 15.8 Å². The first-order chi connectivity index (χ1) is 8.58. The third-order valence-electron chi connectivity index (χ3n) is 2.75. The number of halogens is 1. The van der Waals surface area contributed by atoms with E-state index >= 15 is 0 Å². The minimum Gasteiger partial charge on any atom is -0.399 e. The van der Waals surface area contributed by atoms with E-state index in [-0.39, 0.29) is 5.82 Å². The Morgan fingerprint density at radius 1 is 1.22 bits per heavy atom. The second kappa shape index (κ2) is 4.92. The van der Waals surface area contributed by atoms with Crippen LogP contribution in [0, 0.1) is 12.7 Å². The molecular weight excluding hydrogens is 227 g/mol. The fraction of sp³-hybridized carbons (Fsp3) is 0.0667. The van der Waals surface area contributed by atoms with Crippen molar-refractivity contribution in [1.29, 1.82) is 0 Å². The van der Waals surface area contributed by atoms with Gasteiger partial charge in [-0.05, 0) is 36.8 Å². The SMILES string of the molecule is C=C(Nc1ccccc1F)c1cc(N)ccc1C. The maximum atomic E-state index is 13.5. The number of nitrogens with two attached hydrogens (primary N) is 1. The minimum atomic E-state index is -0.305. The summed E-state index contributed by atoms with van der Waals surface area (Å²) in [4.78, 5) is 0. The standard InChI is InChI=1S/C15H15FN2/c1-10-7-8-12(17)9-13(10)11(2)18-15-6-4-3-5-14(15)16/h3-9,18H,2,17H2,1H3. The van der Waals surface area contributed by atoms with E-state index < -0.39 is 0 Å². The van der Waals surface area contributed by atoms with Gasteiger partial charge in [0.15, 0.2) is 0 Å². The van der Waals surface area contributed by atoms with Crippen molar-refractivity contribution in [3.63, 3.8) is 0 Å². The Morgan fingerprint density at radius 2 is 1.94 bits per heavy atom. The maximum absolute atomic E-state index is 13.5. The first-order valence-corrected chi connectivity index (χ1v) is 5.65. The van der Waals surface area contributed by atoms with Gasteiger partial charge in [-0.25, -0.2) is 4.39 Å².